The summed E-state index contributed by atoms with van der Waals surface area (Å²) in [4.78, 5) is 17.9. The Morgan fingerprint density at radius 2 is 1.91 bits per heavy atom. The molecule has 3 aromatic rings. The molecule has 7 nitrogen and oxygen atoms in total. The van der Waals surface area contributed by atoms with E-state index in [2.05, 4.69) is 16.0 Å². The van der Waals surface area contributed by atoms with Gasteiger partial charge in [0.25, 0.3) is 10.0 Å². The lowest BCUT2D eigenvalue weighted by atomic mass is 9.86. The number of pyridine rings is 1. The minimum absolute atomic E-state index is 0.155. The van der Waals surface area contributed by atoms with Crippen molar-refractivity contribution < 1.29 is 13.2 Å². The second kappa shape index (κ2) is 9.57. The lowest BCUT2D eigenvalue weighted by Gasteiger charge is -2.36. The predicted molar refractivity (Wildman–Crippen MR) is 131 cm³/mol. The first kappa shape index (κ1) is 23.3. The van der Waals surface area contributed by atoms with Gasteiger partial charge < -0.3 is 4.90 Å². The highest BCUT2D eigenvalue weighted by Gasteiger charge is 2.28. The highest BCUT2D eigenvalue weighted by atomic mass is 32.2. The van der Waals surface area contributed by atoms with Crippen LogP contribution in [0.4, 0.5) is 5.69 Å². The summed E-state index contributed by atoms with van der Waals surface area (Å²) in [6, 6.07) is 12.4. The van der Waals surface area contributed by atoms with Crippen molar-refractivity contribution in [3.8, 4) is 6.07 Å². The number of aromatic nitrogens is 2. The summed E-state index contributed by atoms with van der Waals surface area (Å²) in [5.74, 6) is 1.38. The number of carbonyl (C=O) groups is 1. The molecule has 2 heterocycles. The van der Waals surface area contributed by atoms with Crippen molar-refractivity contribution in [2.45, 2.75) is 43.5 Å². The monoisotopic (exact) mass is 482 g/mol. The SMILES string of the molecule is CC(=O)SC[C@H]1CC[C@H](N(C)c2c(C#N)cnc3c2ccn3S(=O)(=O)c2ccccc2)CC1. The number of carbonyl (C=O) groups excluding carboxylic acids is 1. The molecule has 33 heavy (non-hydrogen) atoms. The van der Waals surface area contributed by atoms with Crippen molar-refractivity contribution in [2.24, 2.45) is 5.92 Å². The van der Waals surface area contributed by atoms with E-state index in [1.807, 2.05) is 7.05 Å². The van der Waals surface area contributed by atoms with Gasteiger partial charge in [-0.25, -0.2) is 17.4 Å². The Labute approximate surface area is 198 Å². The molecule has 1 saturated carbocycles. The molecule has 0 spiro atoms. The molecule has 0 N–H and O–H groups in total. The lowest BCUT2D eigenvalue weighted by Crippen LogP contribution is -2.36. The molecule has 0 atom stereocenters. The van der Waals surface area contributed by atoms with Gasteiger partial charge in [0, 0.05) is 43.5 Å². The summed E-state index contributed by atoms with van der Waals surface area (Å²) in [5, 5.41) is 10.6. The van der Waals surface area contributed by atoms with E-state index in [0.29, 0.717) is 28.2 Å². The number of hydrogen-bond donors (Lipinski definition) is 0. The fraction of sp³-hybridized carbons (Fsp3) is 0.375. The third-order valence-electron chi connectivity index (χ3n) is 6.31. The number of hydrogen-bond acceptors (Lipinski definition) is 7. The third kappa shape index (κ3) is 4.63. The van der Waals surface area contributed by atoms with Gasteiger partial charge in [-0.05, 0) is 49.8 Å². The van der Waals surface area contributed by atoms with Gasteiger partial charge in [-0.2, -0.15) is 5.26 Å². The van der Waals surface area contributed by atoms with Gasteiger partial charge in [-0.1, -0.05) is 30.0 Å². The van der Waals surface area contributed by atoms with Gasteiger partial charge in [0.2, 0.25) is 0 Å². The van der Waals surface area contributed by atoms with Gasteiger partial charge in [0.05, 0.1) is 16.1 Å². The molecule has 1 aliphatic carbocycles. The molecule has 1 aromatic carbocycles. The standard InChI is InChI=1S/C24H26N4O3S2/c1-17(29)32-16-18-8-10-20(11-9-18)27(2)23-19(14-25)15-26-24-22(23)12-13-28(24)33(30,31)21-6-4-3-5-7-21/h3-7,12-13,15,18,20H,8-11,16H2,1-2H3/t18-,20-. The van der Waals surface area contributed by atoms with Gasteiger partial charge in [0.15, 0.2) is 10.8 Å². The predicted octanol–water partition coefficient (Wildman–Crippen LogP) is 4.42. The Morgan fingerprint density at radius 1 is 1.21 bits per heavy atom. The highest BCUT2D eigenvalue weighted by molar-refractivity contribution is 8.13. The minimum atomic E-state index is -3.81. The zero-order chi connectivity index (χ0) is 23.6. The molecular formula is C24H26N4O3S2. The summed E-state index contributed by atoms with van der Waals surface area (Å²) in [5.41, 5.74) is 1.45. The van der Waals surface area contributed by atoms with Crippen LogP contribution in [0, 0.1) is 17.2 Å². The van der Waals surface area contributed by atoms with Gasteiger partial charge in [-0.15, -0.1) is 0 Å². The van der Waals surface area contributed by atoms with Crippen LogP contribution in [-0.4, -0.2) is 41.3 Å². The number of rotatable bonds is 6. The third-order valence-corrected chi connectivity index (χ3v) is 9.04. The molecule has 172 valence electrons. The summed E-state index contributed by atoms with van der Waals surface area (Å²) in [7, 11) is -1.84. The zero-order valence-corrected chi connectivity index (χ0v) is 20.3. The number of nitriles is 1. The molecule has 1 fully saturated rings. The second-order valence-electron chi connectivity index (χ2n) is 8.39. The van der Waals surface area contributed by atoms with Crippen molar-refractivity contribution in [3.05, 3.63) is 54.4 Å². The number of anilines is 1. The minimum Gasteiger partial charge on any atom is -0.370 e. The van der Waals surface area contributed by atoms with E-state index in [1.54, 1.807) is 43.3 Å². The Balaban J connectivity index is 1.66. The summed E-state index contributed by atoms with van der Waals surface area (Å²) in [6.07, 6.45) is 6.92. The smallest absolute Gasteiger partial charge is 0.269 e. The van der Waals surface area contributed by atoms with E-state index < -0.39 is 10.0 Å². The number of thioether (sulfide) groups is 1. The van der Waals surface area contributed by atoms with Crippen LogP contribution in [0.5, 0.6) is 0 Å². The zero-order valence-electron chi connectivity index (χ0n) is 18.6. The summed E-state index contributed by atoms with van der Waals surface area (Å²) < 4.78 is 27.6. The number of fused-ring (bicyclic) bond motifs is 1. The van der Waals surface area contributed by atoms with Gasteiger partial charge in [-0.3, -0.25) is 4.79 Å². The van der Waals surface area contributed by atoms with E-state index in [-0.39, 0.29) is 16.1 Å². The molecule has 9 heteroatoms. The van der Waals surface area contributed by atoms with Crippen molar-refractivity contribution in [1.29, 1.82) is 5.26 Å². The fourth-order valence-corrected chi connectivity index (χ4v) is 6.65. The maximum absolute atomic E-state index is 13.2. The quantitative estimate of drug-likeness (QED) is 0.513. The maximum atomic E-state index is 13.2. The molecule has 0 radical (unpaired) electrons. The van der Waals surface area contributed by atoms with Crippen LogP contribution in [0.25, 0.3) is 11.0 Å². The van der Waals surface area contributed by atoms with Crippen molar-refractivity contribution in [1.82, 2.24) is 8.96 Å². The van der Waals surface area contributed by atoms with Crippen molar-refractivity contribution in [2.75, 3.05) is 17.7 Å². The number of nitrogens with zero attached hydrogens (tertiary/aromatic N) is 4. The van der Waals surface area contributed by atoms with Crippen LogP contribution < -0.4 is 4.90 Å². The van der Waals surface area contributed by atoms with Crippen LogP contribution in [0.3, 0.4) is 0 Å². The van der Waals surface area contributed by atoms with Crippen LogP contribution in [0.15, 0.2) is 53.7 Å². The normalized spacial score (nSPS) is 18.7. The van der Waals surface area contributed by atoms with Crippen LogP contribution in [0.2, 0.25) is 0 Å². The van der Waals surface area contributed by atoms with E-state index in [0.717, 1.165) is 31.4 Å². The van der Waals surface area contributed by atoms with Crippen molar-refractivity contribution >= 4 is 43.6 Å². The first-order chi connectivity index (χ1) is 15.8. The molecule has 1 aliphatic rings. The Kier molecular flexibility index (Phi) is 6.77. The van der Waals surface area contributed by atoms with E-state index >= 15 is 0 Å². The van der Waals surface area contributed by atoms with Crippen LogP contribution >= 0.6 is 11.8 Å². The van der Waals surface area contributed by atoms with E-state index in [1.165, 1.54) is 28.1 Å². The topological polar surface area (TPSA) is 96.1 Å². The summed E-state index contributed by atoms with van der Waals surface area (Å²) >= 11 is 1.39. The molecule has 0 aliphatic heterocycles. The first-order valence-electron chi connectivity index (χ1n) is 10.9. The average molecular weight is 483 g/mol. The maximum Gasteiger partial charge on any atom is 0.269 e. The molecule has 0 unspecified atom stereocenters. The van der Waals surface area contributed by atoms with E-state index in [9.17, 15) is 18.5 Å². The molecular weight excluding hydrogens is 456 g/mol. The van der Waals surface area contributed by atoms with Crippen LogP contribution in [0.1, 0.15) is 38.2 Å². The van der Waals surface area contributed by atoms with Gasteiger partial charge in [0.1, 0.15) is 6.07 Å². The second-order valence-corrected chi connectivity index (χ2v) is 11.4. The van der Waals surface area contributed by atoms with E-state index in [4.69, 9.17) is 0 Å². The first-order valence-corrected chi connectivity index (χ1v) is 13.3. The van der Waals surface area contributed by atoms with Crippen molar-refractivity contribution in [3.63, 3.8) is 0 Å². The van der Waals surface area contributed by atoms with Gasteiger partial charge >= 0.3 is 0 Å². The Morgan fingerprint density at radius 3 is 2.55 bits per heavy atom. The molecule has 0 bridgehead atoms. The Hall–Kier alpha value is -2.83. The molecule has 2 aromatic heterocycles. The molecule has 0 saturated heterocycles. The average Bonchev–Trinajstić information content (AvgIpc) is 3.27. The molecule has 4 rings (SSSR count). The largest absolute Gasteiger partial charge is 0.370 e. The highest BCUT2D eigenvalue weighted by Crippen LogP contribution is 2.36. The Bertz CT molecular complexity index is 1300. The fourth-order valence-electron chi connectivity index (χ4n) is 4.53. The van der Waals surface area contributed by atoms with Crippen LogP contribution in [-0.2, 0) is 14.8 Å². The summed E-state index contributed by atoms with van der Waals surface area (Å²) in [6.45, 7) is 1.60. The number of benzene rings is 1. The molecule has 0 amide bonds. The lowest BCUT2D eigenvalue weighted by molar-refractivity contribution is -0.109.